The zero-order valence-electron chi connectivity index (χ0n) is 14.8. The second-order valence-electron chi connectivity index (χ2n) is 6.79. The highest BCUT2D eigenvalue weighted by molar-refractivity contribution is 5.95. The lowest BCUT2D eigenvalue weighted by Gasteiger charge is -2.38. The minimum absolute atomic E-state index is 0.0780. The van der Waals surface area contributed by atoms with E-state index in [9.17, 15) is 9.90 Å². The average Bonchev–Trinajstić information content (AvgIpc) is 2.89. The summed E-state index contributed by atoms with van der Waals surface area (Å²) in [5.41, 5.74) is 1.67. The van der Waals surface area contributed by atoms with Gasteiger partial charge in [-0.1, -0.05) is 20.8 Å². The monoisotopic (exact) mass is 322 g/mol. The fourth-order valence-corrected chi connectivity index (χ4v) is 3.15. The van der Waals surface area contributed by atoms with Gasteiger partial charge in [0.2, 0.25) is 0 Å². The molecule has 6 nitrogen and oxygen atoms in total. The van der Waals surface area contributed by atoms with Gasteiger partial charge in [0.15, 0.2) is 0 Å². The number of aliphatic hydroxyl groups excluding tert-OH is 1. The van der Waals surface area contributed by atoms with Gasteiger partial charge in [0.1, 0.15) is 0 Å². The van der Waals surface area contributed by atoms with Gasteiger partial charge in [-0.2, -0.15) is 5.10 Å². The Kier molecular flexibility index (Phi) is 6.18. The molecule has 1 atom stereocenters. The summed E-state index contributed by atoms with van der Waals surface area (Å²) in [6, 6.07) is 0.211. The summed E-state index contributed by atoms with van der Waals surface area (Å²) < 4.78 is 1.92. The molecule has 1 fully saturated rings. The number of carbonyl (C=O) groups excluding carboxylic acids is 1. The van der Waals surface area contributed by atoms with E-state index in [1.165, 1.54) is 0 Å². The first-order valence-electron chi connectivity index (χ1n) is 8.64. The van der Waals surface area contributed by atoms with Crippen molar-refractivity contribution in [3.63, 3.8) is 0 Å². The van der Waals surface area contributed by atoms with Crippen LogP contribution in [-0.2, 0) is 6.54 Å². The minimum Gasteiger partial charge on any atom is -0.395 e. The van der Waals surface area contributed by atoms with E-state index in [0.29, 0.717) is 24.6 Å². The molecule has 0 radical (unpaired) electrons. The molecule has 1 saturated heterocycles. The van der Waals surface area contributed by atoms with E-state index in [-0.39, 0.29) is 18.6 Å². The Labute approximate surface area is 139 Å². The maximum absolute atomic E-state index is 12.7. The number of carbonyl (C=O) groups is 1. The van der Waals surface area contributed by atoms with Crippen molar-refractivity contribution in [2.75, 3.05) is 32.8 Å². The summed E-state index contributed by atoms with van der Waals surface area (Å²) in [5, 5.41) is 13.8. The van der Waals surface area contributed by atoms with Crippen LogP contribution in [0, 0.1) is 12.8 Å². The van der Waals surface area contributed by atoms with Crippen LogP contribution < -0.4 is 0 Å². The molecule has 2 rings (SSSR count). The quantitative estimate of drug-likeness (QED) is 0.859. The molecule has 0 saturated carbocycles. The third-order valence-corrected chi connectivity index (χ3v) is 4.67. The van der Waals surface area contributed by atoms with Crippen LogP contribution in [-0.4, -0.2) is 69.4 Å². The number of hydrogen-bond donors (Lipinski definition) is 1. The highest BCUT2D eigenvalue weighted by atomic mass is 16.3. The highest BCUT2D eigenvalue weighted by Gasteiger charge is 2.27. The van der Waals surface area contributed by atoms with Gasteiger partial charge >= 0.3 is 0 Å². The normalized spacial score (nSPS) is 17.7. The second kappa shape index (κ2) is 7.93. The molecule has 1 aromatic heterocycles. The molecule has 0 spiro atoms. The van der Waals surface area contributed by atoms with E-state index < -0.39 is 0 Å². The molecular weight excluding hydrogens is 292 g/mol. The summed E-state index contributed by atoms with van der Waals surface area (Å²) in [4.78, 5) is 16.9. The molecule has 1 aliphatic rings. The predicted molar refractivity (Wildman–Crippen MR) is 90.4 cm³/mol. The highest BCUT2D eigenvalue weighted by Crippen LogP contribution is 2.15. The van der Waals surface area contributed by atoms with Gasteiger partial charge < -0.3 is 10.0 Å². The van der Waals surface area contributed by atoms with Gasteiger partial charge in [0.05, 0.1) is 18.4 Å². The first-order chi connectivity index (χ1) is 11.0. The molecule has 2 heterocycles. The lowest BCUT2D eigenvalue weighted by Crippen LogP contribution is -2.52. The summed E-state index contributed by atoms with van der Waals surface area (Å²) >= 11 is 0. The third kappa shape index (κ3) is 4.12. The van der Waals surface area contributed by atoms with E-state index in [4.69, 9.17) is 0 Å². The van der Waals surface area contributed by atoms with Gasteiger partial charge in [-0.15, -0.1) is 0 Å². The van der Waals surface area contributed by atoms with E-state index in [0.717, 1.165) is 31.7 Å². The zero-order chi connectivity index (χ0) is 17.0. The molecule has 130 valence electrons. The van der Waals surface area contributed by atoms with E-state index in [1.54, 1.807) is 6.20 Å². The number of aromatic nitrogens is 2. The van der Waals surface area contributed by atoms with Gasteiger partial charge in [0, 0.05) is 44.5 Å². The first-order valence-corrected chi connectivity index (χ1v) is 8.64. The number of amides is 1. The Morgan fingerprint density at radius 3 is 2.48 bits per heavy atom. The average molecular weight is 322 g/mol. The fraction of sp³-hybridized carbons (Fsp3) is 0.765. The zero-order valence-corrected chi connectivity index (χ0v) is 14.8. The van der Waals surface area contributed by atoms with Crippen LogP contribution in [0.5, 0.6) is 0 Å². The minimum atomic E-state index is 0.0780. The van der Waals surface area contributed by atoms with Gasteiger partial charge in [-0.3, -0.25) is 14.4 Å². The third-order valence-electron chi connectivity index (χ3n) is 4.67. The van der Waals surface area contributed by atoms with Crippen molar-refractivity contribution in [2.24, 2.45) is 5.92 Å². The van der Waals surface area contributed by atoms with Crippen LogP contribution in [0.25, 0.3) is 0 Å². The number of piperazine rings is 1. The molecule has 6 heteroatoms. The van der Waals surface area contributed by atoms with Crippen molar-refractivity contribution in [3.8, 4) is 0 Å². The second-order valence-corrected chi connectivity index (χ2v) is 6.79. The van der Waals surface area contributed by atoms with Crippen LogP contribution in [0.1, 0.15) is 43.2 Å². The summed E-state index contributed by atoms with van der Waals surface area (Å²) in [5.74, 6) is 0.582. The van der Waals surface area contributed by atoms with Crippen LogP contribution in [0.2, 0.25) is 0 Å². The topological polar surface area (TPSA) is 61.6 Å². The van der Waals surface area contributed by atoms with Crippen molar-refractivity contribution < 1.29 is 9.90 Å². The van der Waals surface area contributed by atoms with Crippen LogP contribution in [0.15, 0.2) is 6.20 Å². The molecule has 0 bridgehead atoms. The largest absolute Gasteiger partial charge is 0.395 e. The summed E-state index contributed by atoms with van der Waals surface area (Å²) in [6.07, 6.45) is 2.64. The maximum atomic E-state index is 12.7. The van der Waals surface area contributed by atoms with Gasteiger partial charge in [0.25, 0.3) is 5.91 Å². The molecule has 23 heavy (non-hydrogen) atoms. The molecular formula is C17H30N4O2. The van der Waals surface area contributed by atoms with Crippen LogP contribution >= 0.6 is 0 Å². The number of aliphatic hydroxyl groups is 1. The molecule has 1 unspecified atom stereocenters. The Bertz CT molecular complexity index is 515. The smallest absolute Gasteiger partial charge is 0.257 e. The number of rotatable bonds is 6. The van der Waals surface area contributed by atoms with Crippen LogP contribution in [0.4, 0.5) is 0 Å². The SMILES string of the molecule is CCC(CO)N1CCN(C(=O)c2cnn(CC(C)C)c2C)CC1. The Morgan fingerprint density at radius 1 is 1.30 bits per heavy atom. The molecule has 0 aromatic carbocycles. The molecule has 1 aliphatic heterocycles. The summed E-state index contributed by atoms with van der Waals surface area (Å²) in [6.45, 7) is 12.4. The molecule has 1 aromatic rings. The van der Waals surface area contributed by atoms with Crippen LogP contribution in [0.3, 0.4) is 0 Å². The van der Waals surface area contributed by atoms with Crippen molar-refractivity contribution in [2.45, 2.75) is 46.7 Å². The Morgan fingerprint density at radius 2 is 1.96 bits per heavy atom. The van der Waals surface area contributed by atoms with E-state index >= 15 is 0 Å². The van der Waals surface area contributed by atoms with E-state index in [2.05, 4.69) is 30.8 Å². The fourth-order valence-electron chi connectivity index (χ4n) is 3.15. The van der Waals surface area contributed by atoms with Crippen molar-refractivity contribution in [3.05, 3.63) is 17.5 Å². The first kappa shape index (κ1) is 17.9. The lowest BCUT2D eigenvalue weighted by molar-refractivity contribution is 0.0471. The predicted octanol–water partition coefficient (Wildman–Crippen LogP) is 1.38. The maximum Gasteiger partial charge on any atom is 0.257 e. The number of hydrogen-bond acceptors (Lipinski definition) is 4. The van der Waals surface area contributed by atoms with Gasteiger partial charge in [-0.25, -0.2) is 0 Å². The summed E-state index contributed by atoms with van der Waals surface area (Å²) in [7, 11) is 0. The standard InChI is InChI=1S/C17H30N4O2/c1-5-15(12-22)19-6-8-20(9-7-19)17(23)16-10-18-21(14(16)4)11-13(2)3/h10,13,15,22H,5-9,11-12H2,1-4H3. The Balaban J connectivity index is 1.99. The van der Waals surface area contributed by atoms with Crippen molar-refractivity contribution in [1.29, 1.82) is 0 Å². The Hall–Kier alpha value is -1.40. The molecule has 1 N–H and O–H groups in total. The molecule has 0 aliphatic carbocycles. The van der Waals surface area contributed by atoms with Crippen molar-refractivity contribution >= 4 is 5.91 Å². The lowest BCUT2D eigenvalue weighted by atomic mass is 10.1. The van der Waals surface area contributed by atoms with E-state index in [1.807, 2.05) is 16.5 Å². The van der Waals surface area contributed by atoms with Gasteiger partial charge in [-0.05, 0) is 19.3 Å². The van der Waals surface area contributed by atoms with Crippen molar-refractivity contribution in [1.82, 2.24) is 19.6 Å². The molecule has 1 amide bonds. The number of nitrogens with zero attached hydrogens (tertiary/aromatic N) is 4.